The Morgan fingerprint density at radius 2 is 1.56 bits per heavy atom. The van der Waals surface area contributed by atoms with E-state index in [0.717, 1.165) is 32.7 Å². The Morgan fingerprint density at radius 1 is 0.963 bits per heavy atom. The third kappa shape index (κ3) is 6.63. The molecule has 0 spiro atoms. The average Bonchev–Trinajstić information content (AvgIpc) is 2.61. The number of benzene rings is 1. The van der Waals surface area contributed by atoms with Crippen molar-refractivity contribution >= 4 is 11.9 Å². The van der Waals surface area contributed by atoms with Crippen LogP contribution in [0.1, 0.15) is 51.7 Å². The number of nitrogens with zero attached hydrogens (tertiary/aromatic N) is 2. The maximum Gasteiger partial charge on any atom is 0.321 e. The van der Waals surface area contributed by atoms with Crippen molar-refractivity contribution < 1.29 is 9.59 Å². The number of amides is 3. The zero-order valence-corrected chi connectivity index (χ0v) is 17.3. The molecule has 27 heavy (non-hydrogen) atoms. The van der Waals surface area contributed by atoms with Crippen LogP contribution >= 0.6 is 0 Å². The van der Waals surface area contributed by atoms with E-state index in [9.17, 15) is 9.59 Å². The molecule has 1 aliphatic rings. The minimum atomic E-state index is -0.426. The van der Waals surface area contributed by atoms with Crippen LogP contribution in [0.2, 0.25) is 0 Å². The fraction of sp³-hybridized carbons (Fsp3) is 0.619. The van der Waals surface area contributed by atoms with Crippen LogP contribution in [0.5, 0.6) is 0 Å². The summed E-state index contributed by atoms with van der Waals surface area (Å²) in [5.74, 6) is 0.309. The minimum Gasteiger partial charge on any atom is -0.336 e. The van der Waals surface area contributed by atoms with Crippen molar-refractivity contribution in [2.45, 2.75) is 59.2 Å². The van der Waals surface area contributed by atoms with E-state index in [2.05, 4.69) is 58.5 Å². The van der Waals surface area contributed by atoms with Gasteiger partial charge in [0.05, 0.1) is 6.04 Å². The largest absolute Gasteiger partial charge is 0.336 e. The van der Waals surface area contributed by atoms with Crippen molar-refractivity contribution in [2.24, 2.45) is 0 Å². The topological polar surface area (TPSA) is 64.7 Å². The third-order valence-electron chi connectivity index (χ3n) is 5.04. The molecule has 1 saturated heterocycles. The fourth-order valence-electron chi connectivity index (χ4n) is 3.26. The number of hydrogen-bond donors (Lipinski definition) is 2. The molecule has 0 saturated carbocycles. The van der Waals surface area contributed by atoms with Crippen molar-refractivity contribution in [3.05, 3.63) is 35.4 Å². The smallest absolute Gasteiger partial charge is 0.321 e. The van der Waals surface area contributed by atoms with Gasteiger partial charge in [-0.25, -0.2) is 4.79 Å². The molecule has 6 nitrogen and oxygen atoms in total. The minimum absolute atomic E-state index is 0.00579. The van der Waals surface area contributed by atoms with Gasteiger partial charge in [0, 0.05) is 38.8 Å². The molecule has 1 atom stereocenters. The Balaban J connectivity index is 1.78. The van der Waals surface area contributed by atoms with Crippen LogP contribution < -0.4 is 10.6 Å². The molecule has 6 heteroatoms. The molecule has 0 bridgehead atoms. The normalized spacial score (nSPS) is 17.1. The molecule has 150 valence electrons. The molecule has 2 rings (SSSR count). The van der Waals surface area contributed by atoms with Gasteiger partial charge in [0.15, 0.2) is 0 Å². The molecule has 0 radical (unpaired) electrons. The van der Waals surface area contributed by atoms with Crippen molar-refractivity contribution in [1.82, 2.24) is 20.4 Å². The third-order valence-corrected chi connectivity index (χ3v) is 5.04. The van der Waals surface area contributed by atoms with Gasteiger partial charge >= 0.3 is 6.03 Å². The fourth-order valence-corrected chi connectivity index (χ4v) is 3.26. The van der Waals surface area contributed by atoms with Crippen LogP contribution in [0, 0.1) is 0 Å². The monoisotopic (exact) mass is 374 g/mol. The number of carbonyl (C=O) groups excluding carboxylic acids is 2. The Hall–Kier alpha value is -1.92. The van der Waals surface area contributed by atoms with Crippen molar-refractivity contribution in [3.8, 4) is 0 Å². The number of imide groups is 1. The second-order valence-corrected chi connectivity index (χ2v) is 8.00. The van der Waals surface area contributed by atoms with Crippen LogP contribution in [-0.4, -0.2) is 60.0 Å². The number of hydrogen-bond acceptors (Lipinski definition) is 4. The lowest BCUT2D eigenvalue weighted by Crippen LogP contribution is -2.55. The van der Waals surface area contributed by atoms with E-state index in [0.29, 0.717) is 5.92 Å². The first-order valence-electron chi connectivity index (χ1n) is 9.93. The van der Waals surface area contributed by atoms with Gasteiger partial charge in [0.2, 0.25) is 5.91 Å². The van der Waals surface area contributed by atoms with E-state index in [1.54, 1.807) is 0 Å². The van der Waals surface area contributed by atoms with Crippen LogP contribution in [0.3, 0.4) is 0 Å². The highest BCUT2D eigenvalue weighted by Crippen LogP contribution is 2.16. The van der Waals surface area contributed by atoms with Crippen LogP contribution in [0.15, 0.2) is 24.3 Å². The van der Waals surface area contributed by atoms with E-state index in [1.165, 1.54) is 11.1 Å². The van der Waals surface area contributed by atoms with Crippen molar-refractivity contribution in [3.63, 3.8) is 0 Å². The highest BCUT2D eigenvalue weighted by Gasteiger charge is 2.26. The van der Waals surface area contributed by atoms with Gasteiger partial charge < -0.3 is 5.32 Å². The quantitative estimate of drug-likeness (QED) is 0.803. The molecule has 1 aliphatic heterocycles. The lowest BCUT2D eigenvalue weighted by Gasteiger charge is -2.37. The molecule has 0 aliphatic carbocycles. The van der Waals surface area contributed by atoms with E-state index in [-0.39, 0.29) is 18.0 Å². The first-order valence-corrected chi connectivity index (χ1v) is 9.93. The van der Waals surface area contributed by atoms with Crippen LogP contribution in [0.4, 0.5) is 4.79 Å². The Morgan fingerprint density at radius 3 is 2.07 bits per heavy atom. The molecule has 1 unspecified atom stereocenters. The van der Waals surface area contributed by atoms with Gasteiger partial charge in [0.25, 0.3) is 0 Å². The predicted molar refractivity (Wildman–Crippen MR) is 109 cm³/mol. The molecule has 1 aromatic rings. The summed E-state index contributed by atoms with van der Waals surface area (Å²) < 4.78 is 0. The molecule has 1 heterocycles. The summed E-state index contributed by atoms with van der Waals surface area (Å²) in [6, 6.07) is 8.12. The molecular formula is C21H34N4O2. The Kier molecular flexibility index (Phi) is 7.80. The van der Waals surface area contributed by atoms with E-state index in [4.69, 9.17) is 0 Å². The summed E-state index contributed by atoms with van der Waals surface area (Å²) >= 11 is 0. The molecule has 0 aromatic heterocycles. The van der Waals surface area contributed by atoms with Gasteiger partial charge in [-0.3, -0.25) is 19.9 Å². The van der Waals surface area contributed by atoms with Gasteiger partial charge in [-0.15, -0.1) is 0 Å². The highest BCUT2D eigenvalue weighted by atomic mass is 16.2. The maximum atomic E-state index is 12.3. The standard InChI is InChI=1S/C21H34N4O2/c1-15(2)19-8-6-18(7-9-19)14-24-10-12-25(13-11-24)17(5)20(26)23-21(27)22-16(3)4/h6-9,15-17H,10-14H2,1-5H3,(H2,22,23,26,27). The summed E-state index contributed by atoms with van der Waals surface area (Å²) in [7, 11) is 0. The summed E-state index contributed by atoms with van der Waals surface area (Å²) in [4.78, 5) is 28.5. The molecule has 3 amide bonds. The first kappa shape index (κ1) is 21.4. The van der Waals surface area contributed by atoms with E-state index < -0.39 is 6.03 Å². The zero-order valence-electron chi connectivity index (χ0n) is 17.3. The summed E-state index contributed by atoms with van der Waals surface area (Å²) in [6.07, 6.45) is 0. The van der Waals surface area contributed by atoms with Crippen molar-refractivity contribution in [1.29, 1.82) is 0 Å². The Labute approximate surface area is 163 Å². The number of rotatable bonds is 6. The van der Waals surface area contributed by atoms with Gasteiger partial charge in [-0.1, -0.05) is 38.1 Å². The number of nitrogens with one attached hydrogen (secondary N) is 2. The van der Waals surface area contributed by atoms with Crippen LogP contribution in [-0.2, 0) is 11.3 Å². The number of carbonyl (C=O) groups is 2. The van der Waals surface area contributed by atoms with Gasteiger partial charge in [-0.2, -0.15) is 0 Å². The summed E-state index contributed by atoms with van der Waals surface area (Å²) in [6.45, 7) is 14.4. The molecule has 1 aromatic carbocycles. The zero-order chi connectivity index (χ0) is 20.0. The predicted octanol–water partition coefficient (Wildman–Crippen LogP) is 2.55. The second-order valence-electron chi connectivity index (χ2n) is 8.00. The van der Waals surface area contributed by atoms with Gasteiger partial charge in [0.1, 0.15) is 0 Å². The molecule has 1 fully saturated rings. The lowest BCUT2D eigenvalue weighted by atomic mass is 10.0. The molecule has 2 N–H and O–H groups in total. The summed E-state index contributed by atoms with van der Waals surface area (Å²) in [5.41, 5.74) is 2.69. The SMILES string of the molecule is CC(C)NC(=O)NC(=O)C(C)N1CCN(Cc2ccc(C(C)C)cc2)CC1. The maximum absolute atomic E-state index is 12.3. The van der Waals surface area contributed by atoms with E-state index in [1.807, 2.05) is 20.8 Å². The Bertz CT molecular complexity index is 620. The number of piperazine rings is 1. The average molecular weight is 375 g/mol. The highest BCUT2D eigenvalue weighted by molar-refractivity contribution is 5.96. The summed E-state index contributed by atoms with van der Waals surface area (Å²) in [5, 5.41) is 5.11. The van der Waals surface area contributed by atoms with Gasteiger partial charge in [-0.05, 0) is 37.8 Å². The molecular weight excluding hydrogens is 340 g/mol. The van der Waals surface area contributed by atoms with Crippen molar-refractivity contribution in [2.75, 3.05) is 26.2 Å². The van der Waals surface area contributed by atoms with E-state index >= 15 is 0 Å². The second kappa shape index (κ2) is 9.85. The van der Waals surface area contributed by atoms with Crippen LogP contribution in [0.25, 0.3) is 0 Å². The first-order chi connectivity index (χ1) is 12.8. The number of urea groups is 1. The lowest BCUT2D eigenvalue weighted by molar-refractivity contribution is -0.125.